The van der Waals surface area contributed by atoms with E-state index in [9.17, 15) is 4.79 Å². The van der Waals surface area contributed by atoms with Crippen LogP contribution < -0.4 is 10.6 Å². The maximum atomic E-state index is 12.5. The van der Waals surface area contributed by atoms with Crippen LogP contribution in [0.3, 0.4) is 0 Å². The first kappa shape index (κ1) is 11.5. The lowest BCUT2D eigenvalue weighted by atomic mass is 9.79. The molecule has 0 aromatic heterocycles. The van der Waals surface area contributed by atoms with Crippen LogP contribution in [0.15, 0.2) is 18.2 Å². The minimum absolute atomic E-state index is 0.127. The lowest BCUT2D eigenvalue weighted by Crippen LogP contribution is -2.44. The van der Waals surface area contributed by atoms with Gasteiger partial charge in [0.1, 0.15) is 0 Å². The summed E-state index contributed by atoms with van der Waals surface area (Å²) < 4.78 is 5.38. The van der Waals surface area contributed by atoms with Crippen LogP contribution in [0.4, 0.5) is 11.4 Å². The smallest absolute Gasteiger partial charge is 0.232 e. The first-order valence-corrected chi connectivity index (χ1v) is 6.44. The molecule has 2 heterocycles. The van der Waals surface area contributed by atoms with Crippen molar-refractivity contribution < 1.29 is 9.53 Å². The number of nitrogens with one attached hydrogen (secondary N) is 2. The van der Waals surface area contributed by atoms with Gasteiger partial charge in [-0.25, -0.2) is 0 Å². The number of ether oxygens (including phenoxy) is 1. The van der Waals surface area contributed by atoms with Gasteiger partial charge in [0.25, 0.3) is 0 Å². The van der Waals surface area contributed by atoms with Gasteiger partial charge in [-0.15, -0.1) is 0 Å². The molecule has 1 fully saturated rings. The number of carbonyl (C=O) groups excluding carboxylic acids is 1. The highest BCUT2D eigenvalue weighted by molar-refractivity contribution is 6.00. The van der Waals surface area contributed by atoms with Crippen LogP contribution in [0.5, 0.6) is 0 Å². The zero-order chi connectivity index (χ0) is 12.6. The Morgan fingerprint density at radius 2 is 2.06 bits per heavy atom. The van der Waals surface area contributed by atoms with Gasteiger partial charge in [0.05, 0.1) is 16.8 Å². The maximum Gasteiger partial charge on any atom is 0.232 e. The van der Waals surface area contributed by atoms with Crippen LogP contribution in [0.25, 0.3) is 0 Å². The molecular formula is C14H18N2O2. The summed E-state index contributed by atoms with van der Waals surface area (Å²) in [5.74, 6) is 0.127. The fraction of sp³-hybridized carbons (Fsp3) is 0.500. The van der Waals surface area contributed by atoms with Gasteiger partial charge in [-0.3, -0.25) is 4.79 Å². The van der Waals surface area contributed by atoms with Crippen molar-refractivity contribution in [1.82, 2.24) is 0 Å². The van der Waals surface area contributed by atoms with E-state index >= 15 is 0 Å². The second kappa shape index (κ2) is 4.28. The molecule has 1 amide bonds. The number of fused-ring (bicyclic) bond motifs is 1. The molecule has 1 saturated heterocycles. The highest BCUT2D eigenvalue weighted by Gasteiger charge is 2.41. The molecule has 0 aliphatic carbocycles. The number of para-hydroxylation sites is 1. The van der Waals surface area contributed by atoms with Crippen LogP contribution in [0.2, 0.25) is 0 Å². The minimum atomic E-state index is -0.316. The molecule has 2 aliphatic heterocycles. The van der Waals surface area contributed by atoms with Crippen LogP contribution in [-0.2, 0) is 9.53 Å². The molecule has 3 rings (SSSR count). The van der Waals surface area contributed by atoms with E-state index in [-0.39, 0.29) is 11.3 Å². The number of aryl methyl sites for hydroxylation is 1. The summed E-state index contributed by atoms with van der Waals surface area (Å²) in [7, 11) is 0. The van der Waals surface area contributed by atoms with E-state index in [2.05, 4.69) is 23.6 Å². The molecule has 4 heteroatoms. The summed E-state index contributed by atoms with van der Waals surface area (Å²) in [6.07, 6.45) is 1.58. The molecule has 0 unspecified atom stereocenters. The minimum Gasteiger partial charge on any atom is -0.382 e. The molecule has 1 aromatic rings. The maximum absolute atomic E-state index is 12.5. The average molecular weight is 246 g/mol. The molecule has 1 spiro atoms. The highest BCUT2D eigenvalue weighted by Crippen LogP contribution is 2.37. The van der Waals surface area contributed by atoms with Gasteiger partial charge in [0.15, 0.2) is 0 Å². The summed E-state index contributed by atoms with van der Waals surface area (Å²) in [5.41, 5.74) is 2.79. The molecule has 18 heavy (non-hydrogen) atoms. The van der Waals surface area contributed by atoms with Crippen molar-refractivity contribution in [2.24, 2.45) is 5.41 Å². The number of carbonyl (C=O) groups is 1. The van der Waals surface area contributed by atoms with E-state index in [0.29, 0.717) is 19.8 Å². The Hall–Kier alpha value is -1.55. The zero-order valence-corrected chi connectivity index (χ0v) is 10.6. The number of amides is 1. The molecule has 2 aliphatic rings. The van der Waals surface area contributed by atoms with E-state index < -0.39 is 0 Å². The Labute approximate surface area is 107 Å². The van der Waals surface area contributed by atoms with E-state index in [1.54, 1.807) is 0 Å². The van der Waals surface area contributed by atoms with Crippen molar-refractivity contribution in [3.05, 3.63) is 23.8 Å². The van der Waals surface area contributed by atoms with Gasteiger partial charge >= 0.3 is 0 Å². The molecule has 4 nitrogen and oxygen atoms in total. The van der Waals surface area contributed by atoms with E-state index in [1.165, 1.54) is 0 Å². The second-order valence-corrected chi connectivity index (χ2v) is 5.20. The quantitative estimate of drug-likeness (QED) is 0.737. The highest BCUT2D eigenvalue weighted by atomic mass is 16.5. The number of benzene rings is 1. The SMILES string of the molecule is Cc1cccc2c1NCC1(CCOCC1)C(=O)N2. The molecular weight excluding hydrogens is 228 g/mol. The molecule has 0 radical (unpaired) electrons. The van der Waals surface area contributed by atoms with Crippen molar-refractivity contribution in [3.63, 3.8) is 0 Å². The summed E-state index contributed by atoms with van der Waals surface area (Å²) >= 11 is 0. The van der Waals surface area contributed by atoms with Gasteiger partial charge in [0.2, 0.25) is 5.91 Å². The molecule has 96 valence electrons. The normalized spacial score (nSPS) is 21.7. The Morgan fingerprint density at radius 1 is 1.28 bits per heavy atom. The molecule has 1 aromatic carbocycles. The van der Waals surface area contributed by atoms with Crippen molar-refractivity contribution in [2.45, 2.75) is 19.8 Å². The predicted octanol–water partition coefficient (Wildman–Crippen LogP) is 2.16. The topological polar surface area (TPSA) is 50.4 Å². The predicted molar refractivity (Wildman–Crippen MR) is 70.8 cm³/mol. The fourth-order valence-corrected chi connectivity index (χ4v) is 2.77. The summed E-state index contributed by atoms with van der Waals surface area (Å²) in [6, 6.07) is 5.98. The zero-order valence-electron chi connectivity index (χ0n) is 10.6. The third-order valence-corrected chi connectivity index (χ3v) is 4.06. The van der Waals surface area contributed by atoms with Crippen molar-refractivity contribution >= 4 is 17.3 Å². The third kappa shape index (κ3) is 1.77. The summed E-state index contributed by atoms with van der Waals surface area (Å²) in [5, 5.41) is 6.51. The number of anilines is 2. The number of hydrogen-bond donors (Lipinski definition) is 2. The summed E-state index contributed by atoms with van der Waals surface area (Å²) in [4.78, 5) is 12.5. The Bertz CT molecular complexity index is 479. The first-order valence-electron chi connectivity index (χ1n) is 6.44. The third-order valence-electron chi connectivity index (χ3n) is 4.06. The van der Waals surface area contributed by atoms with Gasteiger partial charge < -0.3 is 15.4 Å². The van der Waals surface area contributed by atoms with E-state index in [4.69, 9.17) is 4.74 Å². The van der Waals surface area contributed by atoms with Crippen molar-refractivity contribution in [2.75, 3.05) is 30.4 Å². The first-order chi connectivity index (χ1) is 8.71. The molecule has 0 atom stereocenters. The largest absolute Gasteiger partial charge is 0.382 e. The molecule has 2 N–H and O–H groups in total. The lowest BCUT2D eigenvalue weighted by molar-refractivity contribution is -0.129. The van der Waals surface area contributed by atoms with Gasteiger partial charge in [-0.1, -0.05) is 12.1 Å². The van der Waals surface area contributed by atoms with Crippen molar-refractivity contribution in [1.29, 1.82) is 0 Å². The summed E-state index contributed by atoms with van der Waals surface area (Å²) in [6.45, 7) is 4.09. The number of rotatable bonds is 0. The Morgan fingerprint density at radius 3 is 2.83 bits per heavy atom. The fourth-order valence-electron chi connectivity index (χ4n) is 2.77. The Balaban J connectivity index is 1.95. The van der Waals surface area contributed by atoms with Crippen LogP contribution >= 0.6 is 0 Å². The average Bonchev–Trinajstić information content (AvgIpc) is 2.51. The second-order valence-electron chi connectivity index (χ2n) is 5.20. The van der Waals surface area contributed by atoms with Gasteiger partial charge in [-0.2, -0.15) is 0 Å². The van der Waals surface area contributed by atoms with Gasteiger partial charge in [0, 0.05) is 19.8 Å². The number of hydrogen-bond acceptors (Lipinski definition) is 3. The van der Waals surface area contributed by atoms with E-state index in [1.807, 2.05) is 12.1 Å². The van der Waals surface area contributed by atoms with E-state index in [0.717, 1.165) is 29.8 Å². The molecule has 0 saturated carbocycles. The van der Waals surface area contributed by atoms with Crippen molar-refractivity contribution in [3.8, 4) is 0 Å². The standard InChI is InChI=1S/C14H18N2O2/c1-10-3-2-4-11-12(10)15-9-14(13(17)16-11)5-7-18-8-6-14/h2-4,15H,5-9H2,1H3,(H,16,17). The van der Waals surface area contributed by atoms with Crippen LogP contribution in [0, 0.1) is 12.3 Å². The van der Waals surface area contributed by atoms with Crippen LogP contribution in [-0.4, -0.2) is 25.7 Å². The lowest BCUT2D eigenvalue weighted by Gasteiger charge is -2.34. The van der Waals surface area contributed by atoms with Crippen LogP contribution in [0.1, 0.15) is 18.4 Å². The van der Waals surface area contributed by atoms with Gasteiger partial charge in [-0.05, 0) is 31.4 Å². The monoisotopic (exact) mass is 246 g/mol. The Kier molecular flexibility index (Phi) is 2.74. The molecule has 0 bridgehead atoms.